The van der Waals surface area contributed by atoms with E-state index in [2.05, 4.69) is 187 Å². The molecule has 0 saturated carbocycles. The molecule has 0 aliphatic carbocycles. The third-order valence-electron chi connectivity index (χ3n) is 10.0. The van der Waals surface area contributed by atoms with E-state index in [1.165, 1.54) is 44.2 Å². The summed E-state index contributed by atoms with van der Waals surface area (Å²) in [5, 5.41) is 0. The van der Waals surface area contributed by atoms with Crippen LogP contribution >= 0.6 is 0 Å². The maximum atomic E-state index is 9.19. The number of fused-ring (bicyclic) bond motifs is 4. The SMILES string of the molecule is [2H]c1cc2c3c(c1)N(c1ccccc1)c1cc(C(c4ccccc4)c4ccccc4)ccc1B3c1cc(C)ccc1N2c1ccc(C)cc1. The average molecular weight is 616 g/mol. The van der Waals surface area contributed by atoms with E-state index < -0.39 is 0 Å². The summed E-state index contributed by atoms with van der Waals surface area (Å²) >= 11 is 0. The Bertz CT molecular complexity index is 2280. The Balaban J connectivity index is 1.34. The van der Waals surface area contributed by atoms with Gasteiger partial charge in [-0.15, -0.1) is 0 Å². The monoisotopic (exact) mass is 615 g/mol. The van der Waals surface area contributed by atoms with E-state index in [-0.39, 0.29) is 12.6 Å². The van der Waals surface area contributed by atoms with Crippen LogP contribution in [0.25, 0.3) is 0 Å². The van der Waals surface area contributed by atoms with Crippen LogP contribution in [0.5, 0.6) is 0 Å². The second-order valence-electron chi connectivity index (χ2n) is 13.0. The van der Waals surface area contributed by atoms with Crippen LogP contribution in [0.3, 0.4) is 0 Å². The predicted octanol–water partition coefficient (Wildman–Crippen LogP) is 9.57. The van der Waals surface area contributed by atoms with Gasteiger partial charge in [0.15, 0.2) is 0 Å². The molecule has 0 amide bonds. The summed E-state index contributed by atoms with van der Waals surface area (Å²) in [5.74, 6) is 0.0720. The first kappa shape index (κ1) is 27.3. The summed E-state index contributed by atoms with van der Waals surface area (Å²) in [6.07, 6.45) is 0. The van der Waals surface area contributed by atoms with Crippen LogP contribution in [-0.4, -0.2) is 6.71 Å². The van der Waals surface area contributed by atoms with Gasteiger partial charge in [0.2, 0.25) is 0 Å². The molecule has 0 bridgehead atoms. The van der Waals surface area contributed by atoms with Gasteiger partial charge in [0.25, 0.3) is 6.71 Å². The number of anilines is 6. The maximum Gasteiger partial charge on any atom is 0.252 e. The molecular formula is C45H35BN2. The summed E-state index contributed by atoms with van der Waals surface area (Å²) < 4.78 is 9.19. The van der Waals surface area contributed by atoms with Crippen molar-refractivity contribution in [3.63, 3.8) is 0 Å². The number of para-hydroxylation sites is 1. The van der Waals surface area contributed by atoms with E-state index >= 15 is 0 Å². The minimum Gasteiger partial charge on any atom is -0.311 e. The molecule has 9 rings (SSSR count). The Morgan fingerprint density at radius 3 is 1.67 bits per heavy atom. The Labute approximate surface area is 285 Å². The van der Waals surface area contributed by atoms with Gasteiger partial charge in [-0.2, -0.15) is 0 Å². The van der Waals surface area contributed by atoms with Crippen molar-refractivity contribution in [1.29, 1.82) is 0 Å². The van der Waals surface area contributed by atoms with Gasteiger partial charge in [-0.05, 0) is 95.5 Å². The molecule has 0 fully saturated rings. The van der Waals surface area contributed by atoms with Crippen LogP contribution in [0.15, 0.2) is 170 Å². The van der Waals surface area contributed by atoms with Gasteiger partial charge in [-0.25, -0.2) is 0 Å². The third-order valence-corrected chi connectivity index (χ3v) is 10.0. The standard InChI is InChI=1S/C45H35BN2/c1-31-21-25-37(26-22-31)47-40-28-23-32(2)29-39(40)46-38-27-24-35(44(33-13-6-3-7-14-33)34-15-8-4-9-16-34)30-43(38)48(36-17-10-5-11-18-36)42-20-12-19-41(47)45(42)46/h3-30,44H,1-2H3/i12D. The first-order chi connectivity index (χ1) is 24.0. The van der Waals surface area contributed by atoms with Crippen molar-refractivity contribution in [2.45, 2.75) is 19.8 Å². The fraction of sp³-hybridized carbons (Fsp3) is 0.0667. The first-order valence-electron chi connectivity index (χ1n) is 17.3. The number of nitrogens with zero attached hydrogens (tertiary/aromatic N) is 2. The largest absolute Gasteiger partial charge is 0.311 e. The lowest BCUT2D eigenvalue weighted by atomic mass is 9.33. The normalized spacial score (nSPS) is 13.1. The zero-order valence-corrected chi connectivity index (χ0v) is 27.1. The Hall–Kier alpha value is -5.80. The van der Waals surface area contributed by atoms with Crippen molar-refractivity contribution in [3.8, 4) is 0 Å². The van der Waals surface area contributed by atoms with Crippen molar-refractivity contribution < 1.29 is 1.37 Å². The van der Waals surface area contributed by atoms with Gasteiger partial charge in [-0.1, -0.05) is 132 Å². The molecule has 7 aromatic carbocycles. The van der Waals surface area contributed by atoms with Crippen molar-refractivity contribution in [1.82, 2.24) is 0 Å². The van der Waals surface area contributed by atoms with Crippen LogP contribution in [0, 0.1) is 13.8 Å². The highest BCUT2D eigenvalue weighted by Crippen LogP contribution is 2.45. The first-order valence-corrected chi connectivity index (χ1v) is 16.8. The molecule has 2 aliphatic rings. The highest BCUT2D eigenvalue weighted by Gasteiger charge is 2.43. The smallest absolute Gasteiger partial charge is 0.252 e. The lowest BCUT2D eigenvalue weighted by molar-refractivity contribution is 0.977. The summed E-state index contributed by atoms with van der Waals surface area (Å²) in [6.45, 7) is 4.33. The van der Waals surface area contributed by atoms with Gasteiger partial charge in [0.05, 0.1) is 1.37 Å². The van der Waals surface area contributed by atoms with E-state index in [1.54, 1.807) is 0 Å². The number of hydrogen-bond donors (Lipinski definition) is 0. The summed E-state index contributed by atoms with van der Waals surface area (Å²) in [7, 11) is 0. The Morgan fingerprint density at radius 1 is 0.458 bits per heavy atom. The minimum absolute atomic E-state index is 0.0121. The topological polar surface area (TPSA) is 6.48 Å². The van der Waals surface area contributed by atoms with E-state index in [9.17, 15) is 1.37 Å². The lowest BCUT2D eigenvalue weighted by Gasteiger charge is -2.44. The number of aryl methyl sites for hydroxylation is 2. The summed E-state index contributed by atoms with van der Waals surface area (Å²) in [4.78, 5) is 4.76. The predicted molar refractivity (Wildman–Crippen MR) is 204 cm³/mol. The molecule has 2 nitrogen and oxygen atoms in total. The highest BCUT2D eigenvalue weighted by atomic mass is 15.2. The van der Waals surface area contributed by atoms with Gasteiger partial charge in [-0.3, -0.25) is 0 Å². The van der Waals surface area contributed by atoms with Crippen LogP contribution < -0.4 is 26.2 Å². The molecule has 228 valence electrons. The van der Waals surface area contributed by atoms with Crippen LogP contribution in [-0.2, 0) is 0 Å². The fourth-order valence-electron chi connectivity index (χ4n) is 7.87. The summed E-state index contributed by atoms with van der Waals surface area (Å²) in [5.41, 5.74) is 16.7. The quantitative estimate of drug-likeness (QED) is 0.141. The van der Waals surface area contributed by atoms with Crippen LogP contribution in [0.1, 0.15) is 35.1 Å². The Morgan fingerprint density at radius 2 is 1.02 bits per heavy atom. The molecule has 0 radical (unpaired) electrons. The molecule has 2 aliphatic heterocycles. The second-order valence-corrected chi connectivity index (χ2v) is 13.0. The molecule has 0 aromatic heterocycles. The lowest BCUT2D eigenvalue weighted by Crippen LogP contribution is -2.61. The molecule has 0 atom stereocenters. The van der Waals surface area contributed by atoms with Crippen molar-refractivity contribution in [3.05, 3.63) is 198 Å². The maximum absolute atomic E-state index is 9.19. The molecule has 48 heavy (non-hydrogen) atoms. The third kappa shape index (κ3) is 4.58. The Kier molecular flexibility index (Phi) is 6.53. The van der Waals surface area contributed by atoms with Crippen LogP contribution in [0.2, 0.25) is 0 Å². The molecule has 0 unspecified atom stereocenters. The average Bonchev–Trinajstić information content (AvgIpc) is 3.13. The van der Waals surface area contributed by atoms with Crippen molar-refractivity contribution >= 4 is 57.2 Å². The number of rotatable bonds is 5. The van der Waals surface area contributed by atoms with Gasteiger partial charge in [0.1, 0.15) is 0 Å². The zero-order valence-electron chi connectivity index (χ0n) is 28.1. The second kappa shape index (κ2) is 11.5. The van der Waals surface area contributed by atoms with Gasteiger partial charge >= 0.3 is 0 Å². The van der Waals surface area contributed by atoms with Crippen LogP contribution in [0.4, 0.5) is 34.1 Å². The summed E-state index contributed by atoms with van der Waals surface area (Å²) in [6, 6.07) is 59.7. The molecule has 0 spiro atoms. The van der Waals surface area contributed by atoms with Crippen molar-refractivity contribution in [2.75, 3.05) is 9.80 Å². The molecule has 7 aromatic rings. The van der Waals surface area contributed by atoms with Gasteiger partial charge < -0.3 is 9.80 Å². The minimum atomic E-state index is 0.0121. The highest BCUT2D eigenvalue weighted by molar-refractivity contribution is 7.00. The zero-order chi connectivity index (χ0) is 33.1. The fourth-order valence-corrected chi connectivity index (χ4v) is 7.87. The number of hydrogen-bond acceptors (Lipinski definition) is 2. The van der Waals surface area contributed by atoms with E-state index in [0.29, 0.717) is 6.04 Å². The molecule has 0 N–H and O–H groups in total. The van der Waals surface area contributed by atoms with E-state index in [1.807, 2.05) is 0 Å². The molecule has 2 heterocycles. The van der Waals surface area contributed by atoms with Crippen molar-refractivity contribution in [2.24, 2.45) is 0 Å². The van der Waals surface area contributed by atoms with E-state index in [0.717, 1.165) is 34.1 Å². The molecular weight excluding hydrogens is 579 g/mol. The molecule has 0 saturated heterocycles. The van der Waals surface area contributed by atoms with Gasteiger partial charge in [0, 0.05) is 40.0 Å². The molecule has 3 heteroatoms. The van der Waals surface area contributed by atoms with E-state index in [4.69, 9.17) is 0 Å². The number of benzene rings is 7.